The van der Waals surface area contributed by atoms with Crippen LogP contribution < -0.4 is 4.90 Å². The van der Waals surface area contributed by atoms with Gasteiger partial charge in [0.1, 0.15) is 0 Å². The van der Waals surface area contributed by atoms with E-state index in [4.69, 9.17) is 0 Å². The number of carboxylic acid groups (broad SMARTS) is 1. The van der Waals surface area contributed by atoms with Crippen LogP contribution in [0.4, 0.5) is 5.69 Å². The molecule has 1 aliphatic rings. The van der Waals surface area contributed by atoms with Crippen LogP contribution in [0.2, 0.25) is 0 Å². The molecule has 0 fully saturated rings. The zero-order valence-electron chi connectivity index (χ0n) is 11.4. The van der Waals surface area contributed by atoms with Crippen LogP contribution in [-0.4, -0.2) is 27.4 Å². The highest BCUT2D eigenvalue weighted by Crippen LogP contribution is 2.31. The Labute approximate surface area is 117 Å². The Morgan fingerprint density at radius 3 is 3.00 bits per heavy atom. The number of rotatable bonds is 3. The number of carbonyl (C=O) groups is 1. The molecule has 20 heavy (non-hydrogen) atoms. The number of aromatic nitrogens is 2. The molecule has 1 aromatic carbocycles. The minimum atomic E-state index is -0.843. The van der Waals surface area contributed by atoms with Crippen LogP contribution in [0.15, 0.2) is 30.6 Å². The summed E-state index contributed by atoms with van der Waals surface area (Å²) in [6, 6.07) is 5.52. The molecule has 1 aromatic heterocycles. The molecule has 104 valence electrons. The smallest absolute Gasteiger partial charge is 0.336 e. The van der Waals surface area contributed by atoms with E-state index in [9.17, 15) is 9.90 Å². The van der Waals surface area contributed by atoms with Crippen molar-refractivity contribution < 1.29 is 9.90 Å². The number of carboxylic acids is 1. The van der Waals surface area contributed by atoms with E-state index in [0.717, 1.165) is 42.7 Å². The van der Waals surface area contributed by atoms with E-state index in [0.29, 0.717) is 5.56 Å². The number of hydrogen-bond acceptors (Lipinski definition) is 3. The molecule has 0 atom stereocenters. The first kappa shape index (κ1) is 12.7. The third kappa shape index (κ3) is 2.27. The number of anilines is 1. The van der Waals surface area contributed by atoms with Crippen molar-refractivity contribution in [2.45, 2.75) is 19.4 Å². The highest BCUT2D eigenvalue weighted by molar-refractivity contribution is 5.91. The molecule has 5 nitrogen and oxygen atoms in total. The van der Waals surface area contributed by atoms with Gasteiger partial charge in [0.15, 0.2) is 0 Å². The second-order valence-corrected chi connectivity index (χ2v) is 5.16. The van der Waals surface area contributed by atoms with Gasteiger partial charge in [-0.2, -0.15) is 5.10 Å². The number of fused-ring (bicyclic) bond motifs is 1. The van der Waals surface area contributed by atoms with Crippen molar-refractivity contribution in [2.24, 2.45) is 7.05 Å². The highest BCUT2D eigenvalue weighted by atomic mass is 16.4. The normalized spacial score (nSPS) is 14.2. The second-order valence-electron chi connectivity index (χ2n) is 5.16. The number of benzene rings is 1. The van der Waals surface area contributed by atoms with Crippen LogP contribution in [-0.2, 0) is 20.0 Å². The Bertz CT molecular complexity index is 648. The van der Waals surface area contributed by atoms with Gasteiger partial charge in [0.25, 0.3) is 0 Å². The molecule has 0 amide bonds. The minimum Gasteiger partial charge on any atom is -0.478 e. The summed E-state index contributed by atoms with van der Waals surface area (Å²) in [5, 5.41) is 13.5. The van der Waals surface area contributed by atoms with Crippen LogP contribution in [0.25, 0.3) is 0 Å². The average Bonchev–Trinajstić information content (AvgIpc) is 2.84. The molecule has 2 aromatic rings. The predicted molar refractivity (Wildman–Crippen MR) is 76.0 cm³/mol. The standard InChI is InChI=1S/C15H17N3O2/c1-17-9-11(8-16-17)10-18-7-3-5-12-13(15(19)20)4-2-6-14(12)18/h2,4,6,8-9H,3,5,7,10H2,1H3,(H,19,20). The number of hydrogen-bond donors (Lipinski definition) is 1. The monoisotopic (exact) mass is 271 g/mol. The topological polar surface area (TPSA) is 58.4 Å². The average molecular weight is 271 g/mol. The third-order valence-corrected chi connectivity index (χ3v) is 3.71. The Morgan fingerprint density at radius 1 is 1.45 bits per heavy atom. The fourth-order valence-corrected chi connectivity index (χ4v) is 2.84. The summed E-state index contributed by atoms with van der Waals surface area (Å²) in [5.74, 6) is -0.843. The van der Waals surface area contributed by atoms with E-state index in [1.807, 2.05) is 31.6 Å². The molecule has 0 radical (unpaired) electrons. The Morgan fingerprint density at radius 2 is 2.30 bits per heavy atom. The summed E-state index contributed by atoms with van der Waals surface area (Å²) >= 11 is 0. The molecule has 2 heterocycles. The van der Waals surface area contributed by atoms with Gasteiger partial charge < -0.3 is 10.0 Å². The maximum atomic E-state index is 11.3. The molecular formula is C15H17N3O2. The van der Waals surface area contributed by atoms with Gasteiger partial charge in [-0.3, -0.25) is 4.68 Å². The van der Waals surface area contributed by atoms with Gasteiger partial charge in [-0.05, 0) is 30.5 Å². The Balaban J connectivity index is 1.94. The number of aryl methyl sites for hydroxylation is 1. The summed E-state index contributed by atoms with van der Waals surface area (Å²) in [6.45, 7) is 1.72. The second kappa shape index (κ2) is 5.00. The summed E-state index contributed by atoms with van der Waals surface area (Å²) in [4.78, 5) is 13.5. The molecule has 1 aliphatic heterocycles. The summed E-state index contributed by atoms with van der Waals surface area (Å²) in [5.41, 5.74) is 3.56. The van der Waals surface area contributed by atoms with E-state index >= 15 is 0 Å². The van der Waals surface area contributed by atoms with Gasteiger partial charge in [-0.25, -0.2) is 4.79 Å². The minimum absolute atomic E-state index is 0.429. The van der Waals surface area contributed by atoms with Crippen molar-refractivity contribution in [1.29, 1.82) is 0 Å². The number of aromatic carboxylic acids is 1. The van der Waals surface area contributed by atoms with E-state index < -0.39 is 5.97 Å². The lowest BCUT2D eigenvalue weighted by Gasteiger charge is -2.31. The number of nitrogens with zero attached hydrogens (tertiary/aromatic N) is 3. The molecule has 0 bridgehead atoms. The van der Waals surface area contributed by atoms with Gasteiger partial charge in [0, 0.05) is 37.6 Å². The molecular weight excluding hydrogens is 254 g/mol. The quantitative estimate of drug-likeness (QED) is 0.928. The molecule has 0 unspecified atom stereocenters. The van der Waals surface area contributed by atoms with Gasteiger partial charge >= 0.3 is 5.97 Å². The Kier molecular flexibility index (Phi) is 3.18. The van der Waals surface area contributed by atoms with Crippen molar-refractivity contribution in [1.82, 2.24) is 9.78 Å². The van der Waals surface area contributed by atoms with Crippen molar-refractivity contribution in [3.05, 3.63) is 47.3 Å². The van der Waals surface area contributed by atoms with Gasteiger partial charge in [0.05, 0.1) is 11.8 Å². The van der Waals surface area contributed by atoms with Crippen molar-refractivity contribution in [2.75, 3.05) is 11.4 Å². The Hall–Kier alpha value is -2.30. The summed E-state index contributed by atoms with van der Waals surface area (Å²) in [7, 11) is 1.90. The first-order valence-electron chi connectivity index (χ1n) is 6.73. The third-order valence-electron chi connectivity index (χ3n) is 3.71. The van der Waals surface area contributed by atoms with E-state index in [2.05, 4.69) is 10.00 Å². The fourth-order valence-electron chi connectivity index (χ4n) is 2.84. The van der Waals surface area contributed by atoms with Gasteiger partial charge in [0.2, 0.25) is 0 Å². The van der Waals surface area contributed by atoms with Crippen molar-refractivity contribution in [3.8, 4) is 0 Å². The molecule has 3 rings (SSSR count). The lowest BCUT2D eigenvalue weighted by atomic mass is 9.96. The van der Waals surface area contributed by atoms with E-state index in [1.54, 1.807) is 10.7 Å². The van der Waals surface area contributed by atoms with Crippen LogP contribution >= 0.6 is 0 Å². The highest BCUT2D eigenvalue weighted by Gasteiger charge is 2.22. The first-order valence-corrected chi connectivity index (χ1v) is 6.73. The molecule has 0 aliphatic carbocycles. The molecule has 1 N–H and O–H groups in total. The van der Waals surface area contributed by atoms with Crippen molar-refractivity contribution >= 4 is 11.7 Å². The molecule has 0 saturated carbocycles. The molecule has 5 heteroatoms. The maximum Gasteiger partial charge on any atom is 0.336 e. The van der Waals surface area contributed by atoms with Crippen LogP contribution in [0, 0.1) is 0 Å². The zero-order valence-corrected chi connectivity index (χ0v) is 11.4. The lowest BCUT2D eigenvalue weighted by molar-refractivity contribution is 0.0695. The SMILES string of the molecule is Cn1cc(CN2CCCc3c(C(=O)O)cccc32)cn1. The first-order chi connectivity index (χ1) is 9.65. The largest absolute Gasteiger partial charge is 0.478 e. The maximum absolute atomic E-state index is 11.3. The summed E-state index contributed by atoms with van der Waals surface area (Å²) in [6.07, 6.45) is 5.67. The van der Waals surface area contributed by atoms with Crippen LogP contribution in [0.5, 0.6) is 0 Å². The van der Waals surface area contributed by atoms with E-state index in [1.165, 1.54) is 0 Å². The summed E-state index contributed by atoms with van der Waals surface area (Å²) < 4.78 is 1.79. The lowest BCUT2D eigenvalue weighted by Crippen LogP contribution is -2.29. The van der Waals surface area contributed by atoms with Gasteiger partial charge in [-0.1, -0.05) is 6.07 Å². The molecule has 0 spiro atoms. The zero-order chi connectivity index (χ0) is 14.1. The van der Waals surface area contributed by atoms with Crippen LogP contribution in [0.1, 0.15) is 27.9 Å². The van der Waals surface area contributed by atoms with E-state index in [-0.39, 0.29) is 0 Å². The predicted octanol–water partition coefficient (Wildman–Crippen LogP) is 2.07. The molecule has 0 saturated heterocycles. The van der Waals surface area contributed by atoms with Crippen LogP contribution in [0.3, 0.4) is 0 Å². The van der Waals surface area contributed by atoms with Crippen molar-refractivity contribution in [3.63, 3.8) is 0 Å². The fraction of sp³-hybridized carbons (Fsp3) is 0.333. The van der Waals surface area contributed by atoms with Gasteiger partial charge in [-0.15, -0.1) is 0 Å².